The van der Waals surface area contributed by atoms with Crippen LogP contribution >= 0.6 is 0 Å². The summed E-state index contributed by atoms with van der Waals surface area (Å²) in [5.74, 6) is 0.381. The quantitative estimate of drug-likeness (QED) is 0.656. The second-order valence-electron chi connectivity index (χ2n) is 3.89. The molecule has 0 saturated carbocycles. The van der Waals surface area contributed by atoms with Crippen molar-refractivity contribution in [3.63, 3.8) is 0 Å². The number of amides is 1. The van der Waals surface area contributed by atoms with E-state index in [1.54, 1.807) is 0 Å². The van der Waals surface area contributed by atoms with Crippen molar-refractivity contribution in [2.45, 2.75) is 58.4 Å². The lowest BCUT2D eigenvalue weighted by Crippen LogP contribution is -2.34. The molecule has 1 rings (SSSR count). The van der Waals surface area contributed by atoms with E-state index >= 15 is 0 Å². The average molecular weight is 183 g/mol. The van der Waals surface area contributed by atoms with Crippen molar-refractivity contribution in [2.24, 2.45) is 0 Å². The highest BCUT2D eigenvalue weighted by molar-refractivity contribution is 5.76. The molecule has 1 unspecified atom stereocenters. The van der Waals surface area contributed by atoms with Crippen molar-refractivity contribution in [3.8, 4) is 0 Å². The Balaban J connectivity index is 2.36. The summed E-state index contributed by atoms with van der Waals surface area (Å²) in [6, 6.07) is 0.546. The van der Waals surface area contributed by atoms with Crippen LogP contribution < -0.4 is 0 Å². The molecule has 2 nitrogen and oxygen atoms in total. The Morgan fingerprint density at radius 3 is 2.85 bits per heavy atom. The molecule has 1 heterocycles. The number of nitrogens with zero attached hydrogens (tertiary/aromatic N) is 1. The van der Waals surface area contributed by atoms with Gasteiger partial charge in [-0.3, -0.25) is 4.79 Å². The van der Waals surface area contributed by atoms with E-state index in [0.29, 0.717) is 11.9 Å². The van der Waals surface area contributed by atoms with Crippen LogP contribution in [0.25, 0.3) is 0 Å². The Morgan fingerprint density at radius 2 is 2.23 bits per heavy atom. The minimum absolute atomic E-state index is 0.381. The fraction of sp³-hybridized carbons (Fsp3) is 0.909. The van der Waals surface area contributed by atoms with E-state index in [4.69, 9.17) is 0 Å². The molecule has 76 valence electrons. The first-order valence-electron chi connectivity index (χ1n) is 5.59. The fourth-order valence-electron chi connectivity index (χ4n) is 2.06. The molecule has 0 aliphatic carbocycles. The molecule has 0 spiro atoms. The van der Waals surface area contributed by atoms with Crippen molar-refractivity contribution < 1.29 is 4.79 Å². The first-order valence-corrected chi connectivity index (χ1v) is 5.59. The lowest BCUT2D eigenvalue weighted by molar-refractivity contribution is -0.132. The Labute approximate surface area is 81.3 Å². The maximum Gasteiger partial charge on any atom is 0.222 e. The minimum Gasteiger partial charge on any atom is -0.340 e. The van der Waals surface area contributed by atoms with Crippen LogP contribution in [0.15, 0.2) is 0 Å². The topological polar surface area (TPSA) is 20.3 Å². The molecular formula is C11H21NO. The van der Waals surface area contributed by atoms with Crippen molar-refractivity contribution in [1.82, 2.24) is 4.90 Å². The first kappa shape index (κ1) is 10.6. The van der Waals surface area contributed by atoms with Crippen molar-refractivity contribution >= 4 is 5.91 Å². The van der Waals surface area contributed by atoms with E-state index in [0.717, 1.165) is 32.2 Å². The molecule has 1 fully saturated rings. The summed E-state index contributed by atoms with van der Waals surface area (Å²) in [7, 11) is 0. The zero-order chi connectivity index (χ0) is 9.68. The summed E-state index contributed by atoms with van der Waals surface area (Å²) in [6.07, 6.45) is 6.47. The number of unbranched alkanes of at least 4 members (excludes halogenated alkanes) is 1. The summed E-state index contributed by atoms with van der Waals surface area (Å²) in [6.45, 7) is 5.31. The molecule has 1 amide bonds. The second kappa shape index (κ2) is 5.25. The molecule has 1 aliphatic rings. The molecule has 0 aromatic heterocycles. The molecule has 13 heavy (non-hydrogen) atoms. The monoisotopic (exact) mass is 183 g/mol. The van der Waals surface area contributed by atoms with E-state index in [1.165, 1.54) is 12.8 Å². The molecule has 0 N–H and O–H groups in total. The van der Waals surface area contributed by atoms with Crippen molar-refractivity contribution in [1.29, 1.82) is 0 Å². The van der Waals surface area contributed by atoms with Gasteiger partial charge in [0.2, 0.25) is 5.91 Å². The molecular weight excluding hydrogens is 162 g/mol. The third-order valence-electron chi connectivity index (χ3n) is 2.91. The summed E-state index contributed by atoms with van der Waals surface area (Å²) in [5, 5.41) is 0. The van der Waals surface area contributed by atoms with E-state index in [-0.39, 0.29) is 0 Å². The molecule has 1 aliphatic heterocycles. The number of carbonyl (C=O) groups excluding carboxylic acids is 1. The Bertz CT molecular complexity index is 167. The predicted octanol–water partition coefficient (Wildman–Crippen LogP) is 2.58. The van der Waals surface area contributed by atoms with Gasteiger partial charge in [0.1, 0.15) is 0 Å². The number of carbonyl (C=O) groups is 1. The predicted molar refractivity (Wildman–Crippen MR) is 54.6 cm³/mol. The van der Waals surface area contributed by atoms with Crippen molar-refractivity contribution in [2.75, 3.05) is 6.54 Å². The molecule has 0 bridgehead atoms. The van der Waals surface area contributed by atoms with Gasteiger partial charge in [-0.25, -0.2) is 0 Å². The average Bonchev–Trinajstić information content (AvgIpc) is 2.61. The fourth-order valence-corrected chi connectivity index (χ4v) is 2.06. The summed E-state index contributed by atoms with van der Waals surface area (Å²) >= 11 is 0. The Hall–Kier alpha value is -0.530. The molecule has 2 heteroatoms. The van der Waals surface area contributed by atoms with Gasteiger partial charge in [-0.2, -0.15) is 0 Å². The summed E-state index contributed by atoms with van der Waals surface area (Å²) in [4.78, 5) is 13.8. The zero-order valence-electron chi connectivity index (χ0n) is 8.88. The lowest BCUT2D eigenvalue weighted by atomic mass is 10.1. The third-order valence-corrected chi connectivity index (χ3v) is 2.91. The highest BCUT2D eigenvalue weighted by Gasteiger charge is 2.26. The number of hydrogen-bond donors (Lipinski definition) is 0. The highest BCUT2D eigenvalue weighted by Crippen LogP contribution is 2.20. The van der Waals surface area contributed by atoms with Crippen LogP contribution in [-0.2, 0) is 4.79 Å². The molecule has 0 aromatic carbocycles. The van der Waals surface area contributed by atoms with E-state index in [9.17, 15) is 4.79 Å². The van der Waals surface area contributed by atoms with Gasteiger partial charge in [-0.1, -0.05) is 20.3 Å². The molecule has 1 atom stereocenters. The molecule has 0 radical (unpaired) electrons. The largest absolute Gasteiger partial charge is 0.340 e. The van der Waals surface area contributed by atoms with Gasteiger partial charge in [0.05, 0.1) is 0 Å². The van der Waals surface area contributed by atoms with Crippen molar-refractivity contribution in [3.05, 3.63) is 0 Å². The zero-order valence-corrected chi connectivity index (χ0v) is 8.88. The van der Waals surface area contributed by atoms with Gasteiger partial charge in [0, 0.05) is 19.0 Å². The van der Waals surface area contributed by atoms with Crippen LogP contribution in [0, 0.1) is 0 Å². The highest BCUT2D eigenvalue weighted by atomic mass is 16.2. The number of hydrogen-bond acceptors (Lipinski definition) is 1. The third kappa shape index (κ3) is 2.71. The SMILES string of the molecule is CCCCC(=O)N1CCCC1CC. The van der Waals surface area contributed by atoms with E-state index in [1.807, 2.05) is 0 Å². The van der Waals surface area contributed by atoms with Crippen LogP contribution in [0.2, 0.25) is 0 Å². The van der Waals surface area contributed by atoms with Crippen LogP contribution in [0.3, 0.4) is 0 Å². The number of rotatable bonds is 4. The van der Waals surface area contributed by atoms with Gasteiger partial charge >= 0.3 is 0 Å². The van der Waals surface area contributed by atoms with Crippen LogP contribution in [-0.4, -0.2) is 23.4 Å². The molecule has 0 aromatic rings. The van der Waals surface area contributed by atoms with Crippen LogP contribution in [0.4, 0.5) is 0 Å². The standard InChI is InChI=1S/C11H21NO/c1-3-5-8-11(13)12-9-6-7-10(12)4-2/h10H,3-9H2,1-2H3. The van der Waals surface area contributed by atoms with E-state index < -0.39 is 0 Å². The smallest absolute Gasteiger partial charge is 0.222 e. The normalized spacial score (nSPS) is 22.3. The van der Waals surface area contributed by atoms with Crippen LogP contribution in [0.1, 0.15) is 52.4 Å². The lowest BCUT2D eigenvalue weighted by Gasteiger charge is -2.23. The summed E-state index contributed by atoms with van der Waals surface area (Å²) in [5.41, 5.74) is 0. The number of likely N-dealkylation sites (tertiary alicyclic amines) is 1. The van der Waals surface area contributed by atoms with Gasteiger partial charge in [-0.15, -0.1) is 0 Å². The van der Waals surface area contributed by atoms with Gasteiger partial charge < -0.3 is 4.90 Å². The maximum absolute atomic E-state index is 11.7. The minimum atomic E-state index is 0.381. The maximum atomic E-state index is 11.7. The second-order valence-corrected chi connectivity index (χ2v) is 3.89. The Kier molecular flexibility index (Phi) is 4.26. The molecule has 1 saturated heterocycles. The van der Waals surface area contributed by atoms with E-state index in [2.05, 4.69) is 18.7 Å². The summed E-state index contributed by atoms with van der Waals surface area (Å²) < 4.78 is 0. The van der Waals surface area contributed by atoms with Gasteiger partial charge in [-0.05, 0) is 25.7 Å². The Morgan fingerprint density at radius 1 is 1.46 bits per heavy atom. The van der Waals surface area contributed by atoms with Crippen LogP contribution in [0.5, 0.6) is 0 Å². The first-order chi connectivity index (χ1) is 6.29. The van der Waals surface area contributed by atoms with Gasteiger partial charge in [0.25, 0.3) is 0 Å². The van der Waals surface area contributed by atoms with Gasteiger partial charge in [0.15, 0.2) is 0 Å².